The number of rotatable bonds is 4. The maximum atomic E-state index is 5.35. The molecule has 2 heteroatoms. The van der Waals surface area contributed by atoms with Gasteiger partial charge in [0.2, 0.25) is 0 Å². The van der Waals surface area contributed by atoms with E-state index in [0.717, 1.165) is 17.6 Å². The van der Waals surface area contributed by atoms with Crippen molar-refractivity contribution in [3.63, 3.8) is 0 Å². The van der Waals surface area contributed by atoms with Crippen LogP contribution >= 0.6 is 0 Å². The first-order chi connectivity index (χ1) is 10.4. The first-order valence-electron chi connectivity index (χ1n) is 8.77. The number of benzene rings is 1. The van der Waals surface area contributed by atoms with E-state index in [9.17, 15) is 0 Å². The normalized spacial score (nSPS) is 27.3. The van der Waals surface area contributed by atoms with Crippen molar-refractivity contribution in [1.82, 2.24) is 0 Å². The molecule has 0 saturated heterocycles. The van der Waals surface area contributed by atoms with Gasteiger partial charge in [-0.1, -0.05) is 51.0 Å². The molecule has 3 rings (SSSR count). The molecule has 0 aromatic heterocycles. The van der Waals surface area contributed by atoms with Gasteiger partial charge in [0.05, 0.1) is 7.11 Å². The Morgan fingerprint density at radius 1 is 0.952 bits per heavy atom. The largest absolute Gasteiger partial charge is 0.497 e. The second-order valence-corrected chi connectivity index (χ2v) is 6.83. The van der Waals surface area contributed by atoms with Gasteiger partial charge in [-0.25, -0.2) is 0 Å². The third-order valence-electron chi connectivity index (χ3n) is 5.50. The molecule has 2 atom stereocenters. The maximum absolute atomic E-state index is 5.35. The highest BCUT2D eigenvalue weighted by Crippen LogP contribution is 2.39. The van der Waals surface area contributed by atoms with E-state index in [0.29, 0.717) is 6.04 Å². The van der Waals surface area contributed by atoms with E-state index < -0.39 is 0 Å². The predicted molar refractivity (Wildman–Crippen MR) is 88.9 cm³/mol. The van der Waals surface area contributed by atoms with Gasteiger partial charge >= 0.3 is 0 Å². The van der Waals surface area contributed by atoms with Gasteiger partial charge in [-0.3, -0.25) is 0 Å². The summed E-state index contributed by atoms with van der Waals surface area (Å²) in [4.78, 5) is 0. The molecule has 2 unspecified atom stereocenters. The minimum absolute atomic E-state index is 0.661. The predicted octanol–water partition coefficient (Wildman–Crippen LogP) is 5.25. The number of hydrogen-bond donors (Lipinski definition) is 1. The smallest absolute Gasteiger partial charge is 0.120 e. The van der Waals surface area contributed by atoms with E-state index in [1.54, 1.807) is 7.11 Å². The number of hydrogen-bond acceptors (Lipinski definition) is 2. The fourth-order valence-corrected chi connectivity index (χ4v) is 4.39. The van der Waals surface area contributed by atoms with E-state index in [-0.39, 0.29) is 0 Å². The highest BCUT2D eigenvalue weighted by Gasteiger charge is 2.32. The molecule has 1 aromatic rings. The van der Waals surface area contributed by atoms with Gasteiger partial charge in [0, 0.05) is 17.8 Å². The van der Waals surface area contributed by atoms with Crippen molar-refractivity contribution in [2.75, 3.05) is 12.4 Å². The Kier molecular flexibility index (Phi) is 5.05. The lowest BCUT2D eigenvalue weighted by atomic mass is 9.71. The average Bonchev–Trinajstić information content (AvgIpc) is 2.56. The van der Waals surface area contributed by atoms with Crippen LogP contribution in [0.2, 0.25) is 0 Å². The Labute approximate surface area is 129 Å². The zero-order valence-corrected chi connectivity index (χ0v) is 13.3. The van der Waals surface area contributed by atoms with Gasteiger partial charge in [0.25, 0.3) is 0 Å². The number of nitrogens with one attached hydrogen (secondary N) is 1. The van der Waals surface area contributed by atoms with Crippen molar-refractivity contribution < 1.29 is 4.74 Å². The minimum atomic E-state index is 0.661. The van der Waals surface area contributed by atoms with E-state index in [2.05, 4.69) is 23.5 Å². The molecule has 2 nitrogen and oxygen atoms in total. The summed E-state index contributed by atoms with van der Waals surface area (Å²) >= 11 is 0. The SMILES string of the molecule is COc1cccc(NC2CCCCC2C2CCCCC2)c1. The fourth-order valence-electron chi connectivity index (χ4n) is 4.39. The van der Waals surface area contributed by atoms with Crippen LogP contribution in [0, 0.1) is 11.8 Å². The lowest BCUT2D eigenvalue weighted by molar-refractivity contribution is 0.180. The van der Waals surface area contributed by atoms with Gasteiger partial charge in [0.15, 0.2) is 0 Å². The molecule has 116 valence electrons. The van der Waals surface area contributed by atoms with E-state index in [1.807, 2.05) is 6.07 Å². The molecule has 2 aliphatic carbocycles. The van der Waals surface area contributed by atoms with Crippen LogP contribution in [-0.4, -0.2) is 13.2 Å². The fraction of sp³-hybridized carbons (Fsp3) is 0.684. The molecule has 2 aliphatic rings. The molecular formula is C19H29NO. The second-order valence-electron chi connectivity index (χ2n) is 6.83. The molecule has 2 fully saturated rings. The zero-order chi connectivity index (χ0) is 14.5. The number of anilines is 1. The lowest BCUT2D eigenvalue weighted by Crippen LogP contribution is -2.37. The Morgan fingerprint density at radius 2 is 1.71 bits per heavy atom. The molecule has 0 radical (unpaired) electrons. The van der Waals surface area contributed by atoms with Gasteiger partial charge in [-0.05, 0) is 36.8 Å². The van der Waals surface area contributed by atoms with Crippen LogP contribution in [0.4, 0.5) is 5.69 Å². The lowest BCUT2D eigenvalue weighted by Gasteiger charge is -2.39. The van der Waals surface area contributed by atoms with Gasteiger partial charge in [0.1, 0.15) is 5.75 Å². The molecule has 2 saturated carbocycles. The number of ether oxygens (including phenoxy) is 1. The Hall–Kier alpha value is -1.18. The summed E-state index contributed by atoms with van der Waals surface area (Å²) < 4.78 is 5.35. The van der Waals surface area contributed by atoms with Crippen molar-refractivity contribution in [2.45, 2.75) is 63.8 Å². The molecule has 1 N–H and O–H groups in total. The van der Waals surface area contributed by atoms with E-state index in [4.69, 9.17) is 4.74 Å². The topological polar surface area (TPSA) is 21.3 Å². The van der Waals surface area contributed by atoms with Crippen molar-refractivity contribution >= 4 is 5.69 Å². The first-order valence-corrected chi connectivity index (χ1v) is 8.77. The highest BCUT2D eigenvalue weighted by molar-refractivity contribution is 5.49. The first kappa shape index (κ1) is 14.7. The third kappa shape index (κ3) is 3.72. The monoisotopic (exact) mass is 287 g/mol. The van der Waals surface area contributed by atoms with Gasteiger partial charge < -0.3 is 10.1 Å². The van der Waals surface area contributed by atoms with E-state index >= 15 is 0 Å². The van der Waals surface area contributed by atoms with Crippen LogP contribution in [0.15, 0.2) is 24.3 Å². The standard InChI is InChI=1S/C19H29NO/c1-21-17-11-7-10-16(14-17)20-19-13-6-5-12-18(19)15-8-3-2-4-9-15/h7,10-11,14-15,18-20H,2-6,8-9,12-13H2,1H3. The number of methoxy groups -OCH3 is 1. The highest BCUT2D eigenvalue weighted by atomic mass is 16.5. The summed E-state index contributed by atoms with van der Waals surface area (Å²) in [6.45, 7) is 0. The third-order valence-corrected chi connectivity index (χ3v) is 5.50. The zero-order valence-electron chi connectivity index (χ0n) is 13.3. The summed E-state index contributed by atoms with van der Waals surface area (Å²) in [5, 5.41) is 3.82. The van der Waals surface area contributed by atoms with Gasteiger partial charge in [-0.15, -0.1) is 0 Å². The Bertz CT molecular complexity index is 439. The van der Waals surface area contributed by atoms with Crippen molar-refractivity contribution in [3.8, 4) is 5.75 Å². The molecule has 0 spiro atoms. The second kappa shape index (κ2) is 7.20. The molecule has 0 heterocycles. The average molecular weight is 287 g/mol. The molecule has 1 aromatic carbocycles. The van der Waals surface area contributed by atoms with Crippen LogP contribution in [0.5, 0.6) is 5.75 Å². The summed E-state index contributed by atoms with van der Waals surface area (Å²) in [5.74, 6) is 2.79. The van der Waals surface area contributed by atoms with Crippen LogP contribution in [0.3, 0.4) is 0 Å². The summed E-state index contributed by atoms with van der Waals surface area (Å²) in [7, 11) is 1.74. The van der Waals surface area contributed by atoms with Gasteiger partial charge in [-0.2, -0.15) is 0 Å². The summed E-state index contributed by atoms with van der Waals surface area (Å²) in [5.41, 5.74) is 1.22. The van der Waals surface area contributed by atoms with Crippen LogP contribution < -0.4 is 10.1 Å². The van der Waals surface area contributed by atoms with Crippen LogP contribution in [0.1, 0.15) is 57.8 Å². The van der Waals surface area contributed by atoms with Crippen LogP contribution in [-0.2, 0) is 0 Å². The Morgan fingerprint density at radius 3 is 2.52 bits per heavy atom. The molecule has 21 heavy (non-hydrogen) atoms. The Balaban J connectivity index is 1.68. The van der Waals surface area contributed by atoms with E-state index in [1.165, 1.54) is 63.5 Å². The molecule has 0 bridgehead atoms. The van der Waals surface area contributed by atoms with Crippen LogP contribution in [0.25, 0.3) is 0 Å². The maximum Gasteiger partial charge on any atom is 0.120 e. The molecular weight excluding hydrogens is 258 g/mol. The van der Waals surface area contributed by atoms with Crippen molar-refractivity contribution in [2.24, 2.45) is 11.8 Å². The van der Waals surface area contributed by atoms with Crippen molar-refractivity contribution in [1.29, 1.82) is 0 Å². The minimum Gasteiger partial charge on any atom is -0.497 e. The molecule has 0 amide bonds. The van der Waals surface area contributed by atoms with Crippen molar-refractivity contribution in [3.05, 3.63) is 24.3 Å². The summed E-state index contributed by atoms with van der Waals surface area (Å²) in [6, 6.07) is 9.07. The summed E-state index contributed by atoms with van der Waals surface area (Å²) in [6.07, 6.45) is 12.8. The quantitative estimate of drug-likeness (QED) is 0.817. The molecule has 0 aliphatic heterocycles.